The maximum absolute atomic E-state index is 12.0. The molecule has 17 heavy (non-hydrogen) atoms. The maximum atomic E-state index is 12.0. The minimum Gasteiger partial charge on any atom is -0.481 e. The summed E-state index contributed by atoms with van der Waals surface area (Å²) in [5, 5.41) is 9.06. The van der Waals surface area contributed by atoms with Gasteiger partial charge in [-0.2, -0.15) is 0 Å². The van der Waals surface area contributed by atoms with Gasteiger partial charge in [0.25, 0.3) is 0 Å². The maximum Gasteiger partial charge on any atom is 0.307 e. The van der Waals surface area contributed by atoms with Crippen LogP contribution in [0.3, 0.4) is 0 Å². The van der Waals surface area contributed by atoms with Crippen molar-refractivity contribution in [3.05, 3.63) is 36.7 Å². The van der Waals surface area contributed by atoms with Crippen LogP contribution in [0.4, 0.5) is 0 Å². The van der Waals surface area contributed by atoms with Gasteiger partial charge in [-0.25, -0.2) is 0 Å². The summed E-state index contributed by atoms with van der Waals surface area (Å²) in [6.07, 6.45) is 7.97. The molecule has 5 nitrogen and oxygen atoms in total. The average molecular weight is 234 g/mol. The number of carbonyl (C=O) groups excluding carboxylic acids is 1. The molecular formula is C12H14N2O3. The van der Waals surface area contributed by atoms with Crippen LogP contribution in [0.1, 0.15) is 12.8 Å². The van der Waals surface area contributed by atoms with E-state index in [9.17, 15) is 9.59 Å². The van der Waals surface area contributed by atoms with Gasteiger partial charge in [-0.05, 0) is 25.0 Å². The van der Waals surface area contributed by atoms with Crippen LogP contribution in [0.5, 0.6) is 0 Å². The van der Waals surface area contributed by atoms with Gasteiger partial charge in [-0.15, -0.1) is 0 Å². The fourth-order valence-corrected chi connectivity index (χ4v) is 2.00. The number of hydrogen-bond acceptors (Lipinski definition) is 2. The Labute approximate surface area is 98.7 Å². The molecule has 2 rings (SSSR count). The molecule has 1 heterocycles. The van der Waals surface area contributed by atoms with Gasteiger partial charge in [0.15, 0.2) is 0 Å². The molecule has 0 saturated carbocycles. The van der Waals surface area contributed by atoms with Crippen LogP contribution in [0, 0.1) is 11.8 Å². The molecular weight excluding hydrogens is 220 g/mol. The van der Waals surface area contributed by atoms with Crippen molar-refractivity contribution in [3.63, 3.8) is 0 Å². The van der Waals surface area contributed by atoms with Gasteiger partial charge in [0, 0.05) is 12.4 Å². The lowest BCUT2D eigenvalue weighted by Gasteiger charge is -2.24. The highest BCUT2D eigenvalue weighted by Crippen LogP contribution is 2.26. The van der Waals surface area contributed by atoms with E-state index in [1.165, 1.54) is 4.68 Å². The zero-order chi connectivity index (χ0) is 12.3. The van der Waals surface area contributed by atoms with Crippen LogP contribution in [-0.4, -0.2) is 21.7 Å². The second kappa shape index (κ2) is 4.86. The fraction of sp³-hybridized carbons (Fsp3) is 0.333. The van der Waals surface area contributed by atoms with E-state index in [0.717, 1.165) is 0 Å². The number of amides is 1. The number of hydrogen-bond donors (Lipinski definition) is 2. The fourth-order valence-electron chi connectivity index (χ4n) is 2.00. The van der Waals surface area contributed by atoms with Crippen LogP contribution < -0.4 is 5.43 Å². The topological polar surface area (TPSA) is 71.3 Å². The predicted octanol–water partition coefficient (Wildman–Crippen LogP) is 1.23. The third kappa shape index (κ3) is 2.55. The molecule has 0 aliphatic heterocycles. The highest BCUT2D eigenvalue weighted by Gasteiger charge is 2.33. The van der Waals surface area contributed by atoms with Gasteiger partial charge in [0.05, 0.1) is 11.8 Å². The van der Waals surface area contributed by atoms with E-state index in [0.29, 0.717) is 12.8 Å². The molecule has 0 saturated heterocycles. The van der Waals surface area contributed by atoms with E-state index in [1.54, 1.807) is 24.5 Å². The Morgan fingerprint density at radius 3 is 2.29 bits per heavy atom. The number of aliphatic carboxylic acids is 1. The molecule has 1 amide bonds. The van der Waals surface area contributed by atoms with Gasteiger partial charge in [-0.1, -0.05) is 12.2 Å². The largest absolute Gasteiger partial charge is 0.481 e. The van der Waals surface area contributed by atoms with Crippen LogP contribution in [0.25, 0.3) is 0 Å². The number of rotatable bonds is 3. The lowest BCUT2D eigenvalue weighted by molar-refractivity contribution is -0.146. The second-order valence-electron chi connectivity index (χ2n) is 4.06. The van der Waals surface area contributed by atoms with E-state index >= 15 is 0 Å². The smallest absolute Gasteiger partial charge is 0.307 e. The monoisotopic (exact) mass is 234 g/mol. The molecule has 90 valence electrons. The molecule has 2 N–H and O–H groups in total. The van der Waals surface area contributed by atoms with E-state index in [4.69, 9.17) is 5.11 Å². The molecule has 1 aromatic heterocycles. The first kappa shape index (κ1) is 11.4. The Kier molecular flexibility index (Phi) is 3.27. The zero-order valence-corrected chi connectivity index (χ0v) is 9.24. The number of aromatic nitrogens is 1. The molecule has 1 aliphatic rings. The highest BCUT2D eigenvalue weighted by atomic mass is 16.4. The number of nitrogens with zero attached hydrogens (tertiary/aromatic N) is 1. The summed E-state index contributed by atoms with van der Waals surface area (Å²) in [6, 6.07) is 3.57. The molecule has 1 aliphatic carbocycles. The van der Waals surface area contributed by atoms with Crippen molar-refractivity contribution in [2.24, 2.45) is 11.8 Å². The normalized spacial score (nSPS) is 23.3. The van der Waals surface area contributed by atoms with Crippen molar-refractivity contribution in [1.82, 2.24) is 4.68 Å². The minimum atomic E-state index is -0.915. The van der Waals surface area contributed by atoms with Gasteiger partial charge < -0.3 is 5.11 Å². The van der Waals surface area contributed by atoms with Crippen molar-refractivity contribution >= 4 is 11.9 Å². The van der Waals surface area contributed by atoms with Crippen molar-refractivity contribution in [3.8, 4) is 0 Å². The molecule has 0 radical (unpaired) electrons. The number of carboxylic acid groups (broad SMARTS) is 1. The second-order valence-corrected chi connectivity index (χ2v) is 4.06. The Bertz CT molecular complexity index is 437. The van der Waals surface area contributed by atoms with Crippen molar-refractivity contribution < 1.29 is 14.7 Å². The number of carbonyl (C=O) groups is 2. The first-order valence-electron chi connectivity index (χ1n) is 5.50. The Morgan fingerprint density at radius 1 is 1.12 bits per heavy atom. The van der Waals surface area contributed by atoms with Crippen molar-refractivity contribution in [2.45, 2.75) is 12.8 Å². The summed E-state index contributed by atoms with van der Waals surface area (Å²) in [5.41, 5.74) is 2.66. The zero-order valence-electron chi connectivity index (χ0n) is 9.24. The summed E-state index contributed by atoms with van der Waals surface area (Å²) >= 11 is 0. The van der Waals surface area contributed by atoms with E-state index in [1.807, 2.05) is 12.2 Å². The molecule has 0 bridgehead atoms. The van der Waals surface area contributed by atoms with E-state index in [-0.39, 0.29) is 5.91 Å². The first-order valence-corrected chi connectivity index (χ1v) is 5.50. The van der Waals surface area contributed by atoms with Crippen LogP contribution in [-0.2, 0) is 9.59 Å². The number of nitrogens with one attached hydrogen (secondary N) is 1. The first-order chi connectivity index (χ1) is 8.18. The quantitative estimate of drug-likeness (QED) is 0.772. The summed E-state index contributed by atoms with van der Waals surface area (Å²) in [6.45, 7) is 0. The summed E-state index contributed by atoms with van der Waals surface area (Å²) in [5.74, 6) is -2.30. The highest BCUT2D eigenvalue weighted by molar-refractivity contribution is 5.90. The minimum absolute atomic E-state index is 0.252. The molecule has 0 aromatic carbocycles. The third-order valence-corrected chi connectivity index (χ3v) is 2.93. The SMILES string of the molecule is O=C(O)[C@H]1CC=CC[C@H]1C(=O)Nn1cccc1. The van der Waals surface area contributed by atoms with Gasteiger partial charge in [0.2, 0.25) is 5.91 Å². The molecule has 0 fully saturated rings. The van der Waals surface area contributed by atoms with E-state index in [2.05, 4.69) is 5.43 Å². The van der Waals surface area contributed by atoms with E-state index < -0.39 is 17.8 Å². The van der Waals surface area contributed by atoms with Crippen LogP contribution in [0.15, 0.2) is 36.7 Å². The van der Waals surface area contributed by atoms with Gasteiger partial charge in [0.1, 0.15) is 0 Å². The summed E-state index contributed by atoms with van der Waals surface area (Å²) < 4.78 is 1.53. The average Bonchev–Trinajstić information content (AvgIpc) is 2.81. The Morgan fingerprint density at radius 2 is 1.71 bits per heavy atom. The van der Waals surface area contributed by atoms with Crippen molar-refractivity contribution in [1.29, 1.82) is 0 Å². The van der Waals surface area contributed by atoms with Crippen LogP contribution >= 0.6 is 0 Å². The molecule has 2 atom stereocenters. The number of allylic oxidation sites excluding steroid dienone is 2. The molecule has 0 spiro atoms. The Balaban J connectivity index is 2.07. The van der Waals surface area contributed by atoms with Crippen LogP contribution in [0.2, 0.25) is 0 Å². The van der Waals surface area contributed by atoms with Gasteiger partial charge >= 0.3 is 5.97 Å². The lowest BCUT2D eigenvalue weighted by Crippen LogP contribution is -2.37. The van der Waals surface area contributed by atoms with Gasteiger partial charge in [-0.3, -0.25) is 19.7 Å². The molecule has 1 aromatic rings. The standard InChI is InChI=1S/C12H14N2O3/c15-11(13-14-7-3-4-8-14)9-5-1-2-6-10(9)12(16)17/h1-4,7-10H,5-6H2,(H,13,15)(H,16,17)/t9-,10+/m1/s1. The molecule has 0 unspecified atom stereocenters. The van der Waals surface area contributed by atoms with Crippen molar-refractivity contribution in [2.75, 3.05) is 5.43 Å². The third-order valence-electron chi connectivity index (χ3n) is 2.93. The summed E-state index contributed by atoms with van der Waals surface area (Å²) in [7, 11) is 0. The predicted molar refractivity (Wildman–Crippen MR) is 61.8 cm³/mol. The number of carboxylic acids is 1. The molecule has 5 heteroatoms. The summed E-state index contributed by atoms with van der Waals surface area (Å²) in [4.78, 5) is 23.0. The lowest BCUT2D eigenvalue weighted by atomic mass is 9.82. The Hall–Kier alpha value is -2.04.